The smallest absolute Gasteiger partial charge is 0.308 e. The van der Waals surface area contributed by atoms with Gasteiger partial charge < -0.3 is 29.5 Å². The summed E-state index contributed by atoms with van der Waals surface area (Å²) in [5, 5.41) is 19.6. The van der Waals surface area contributed by atoms with Crippen LogP contribution in [0, 0.1) is 5.92 Å². The normalized spacial score (nSPS) is 20.9. The van der Waals surface area contributed by atoms with Crippen molar-refractivity contribution in [2.75, 3.05) is 53.2 Å². The number of benzene rings is 1. The highest BCUT2D eigenvalue weighted by Gasteiger charge is 2.47. The Hall–Kier alpha value is -2.85. The maximum atomic E-state index is 13.3. The van der Waals surface area contributed by atoms with Crippen molar-refractivity contribution >= 4 is 17.8 Å². The fourth-order valence-corrected chi connectivity index (χ4v) is 5.06. The first-order valence-electron chi connectivity index (χ1n) is 12.7. The fraction of sp³-hybridized carbons (Fsp3) is 0.654. The van der Waals surface area contributed by atoms with Crippen LogP contribution in [0.3, 0.4) is 0 Å². The molecule has 0 bridgehead atoms. The number of unbranched alkanes of at least 4 members (excludes halogenated alkanes) is 1. The number of nitrogens with zero attached hydrogens (tertiary/aromatic N) is 3. The van der Waals surface area contributed by atoms with Crippen molar-refractivity contribution in [1.29, 1.82) is 0 Å². The highest BCUT2D eigenvalue weighted by atomic mass is 16.7. The van der Waals surface area contributed by atoms with E-state index in [0.717, 1.165) is 18.4 Å². The molecule has 2 amide bonds. The van der Waals surface area contributed by atoms with Gasteiger partial charge >= 0.3 is 5.97 Å². The van der Waals surface area contributed by atoms with E-state index in [0.29, 0.717) is 50.5 Å². The second kappa shape index (κ2) is 12.9. The summed E-state index contributed by atoms with van der Waals surface area (Å²) in [4.78, 5) is 43.0. The summed E-state index contributed by atoms with van der Waals surface area (Å²) >= 11 is 0. The Morgan fingerprint density at radius 2 is 1.83 bits per heavy atom. The van der Waals surface area contributed by atoms with E-state index in [1.807, 2.05) is 17.0 Å². The van der Waals surface area contributed by atoms with E-state index < -0.39 is 17.9 Å². The molecule has 3 rings (SSSR count). The first-order chi connectivity index (χ1) is 17.3. The molecule has 0 aliphatic carbocycles. The standard InChI is InChI=1S/C26H39N3O7/c1-4-5-10-28(11-6-13-30)24(32)16-29-15-20(19-7-8-22-23(14-19)36-17-35-22)25(26(33)34)21(29)9-12-27(3)18(2)31/h7-8,14,20-21,25,30H,4-6,9-13,15-17H2,1-3H3,(H,33,34)/t20-,21+,25?/m1/s1. The molecule has 2 heterocycles. The number of ether oxygens (including phenoxy) is 2. The molecule has 2 N–H and O–H groups in total. The minimum atomic E-state index is -0.925. The number of fused-ring (bicyclic) bond motifs is 1. The monoisotopic (exact) mass is 505 g/mol. The van der Waals surface area contributed by atoms with Crippen LogP contribution in [0.4, 0.5) is 0 Å². The summed E-state index contributed by atoms with van der Waals surface area (Å²) in [5.74, 6) is -0.966. The van der Waals surface area contributed by atoms with Gasteiger partial charge in [0.25, 0.3) is 0 Å². The van der Waals surface area contributed by atoms with Gasteiger partial charge in [-0.15, -0.1) is 0 Å². The number of amides is 2. The van der Waals surface area contributed by atoms with Crippen molar-refractivity contribution in [1.82, 2.24) is 14.7 Å². The molecule has 3 atom stereocenters. The zero-order valence-corrected chi connectivity index (χ0v) is 21.5. The van der Waals surface area contributed by atoms with E-state index in [2.05, 4.69) is 6.92 Å². The van der Waals surface area contributed by atoms with E-state index in [4.69, 9.17) is 9.47 Å². The fourth-order valence-electron chi connectivity index (χ4n) is 5.06. The number of hydrogen-bond acceptors (Lipinski definition) is 7. The Labute approximate surface area is 212 Å². The quantitative estimate of drug-likeness (QED) is 0.416. The van der Waals surface area contributed by atoms with Gasteiger partial charge in [0.2, 0.25) is 18.6 Å². The van der Waals surface area contributed by atoms with Crippen LogP contribution < -0.4 is 9.47 Å². The molecule has 2 aliphatic rings. The van der Waals surface area contributed by atoms with Gasteiger partial charge in [0, 0.05) is 58.7 Å². The van der Waals surface area contributed by atoms with Gasteiger partial charge in [0.15, 0.2) is 11.5 Å². The predicted molar refractivity (Wildman–Crippen MR) is 133 cm³/mol. The summed E-state index contributed by atoms with van der Waals surface area (Å²) in [6.45, 7) is 5.64. The molecule has 0 spiro atoms. The van der Waals surface area contributed by atoms with Gasteiger partial charge in [0.1, 0.15) is 0 Å². The zero-order valence-electron chi connectivity index (χ0n) is 21.5. The SMILES string of the molecule is CCCCN(CCCO)C(=O)CN1C[C@H](c2ccc3c(c2)OCO3)C(C(=O)O)[C@@H]1CCN(C)C(C)=O. The highest BCUT2D eigenvalue weighted by molar-refractivity contribution is 5.79. The molecule has 0 saturated carbocycles. The largest absolute Gasteiger partial charge is 0.481 e. The van der Waals surface area contributed by atoms with Gasteiger partial charge in [-0.3, -0.25) is 19.3 Å². The Morgan fingerprint density at radius 1 is 1.11 bits per heavy atom. The summed E-state index contributed by atoms with van der Waals surface area (Å²) in [6.07, 6.45) is 2.74. The van der Waals surface area contributed by atoms with Crippen molar-refractivity contribution in [3.8, 4) is 11.5 Å². The number of carbonyl (C=O) groups excluding carboxylic acids is 2. The lowest BCUT2D eigenvalue weighted by molar-refractivity contribution is -0.144. The van der Waals surface area contributed by atoms with Crippen molar-refractivity contribution < 1.29 is 34.1 Å². The summed E-state index contributed by atoms with van der Waals surface area (Å²) in [5.41, 5.74) is 0.828. The molecular weight excluding hydrogens is 466 g/mol. The first kappa shape index (κ1) is 27.7. The van der Waals surface area contributed by atoms with Gasteiger partial charge in [0.05, 0.1) is 12.5 Å². The number of hydrogen-bond donors (Lipinski definition) is 2. The lowest BCUT2D eigenvalue weighted by Crippen LogP contribution is -2.45. The van der Waals surface area contributed by atoms with Gasteiger partial charge in [-0.1, -0.05) is 19.4 Å². The minimum absolute atomic E-state index is 0.00685. The van der Waals surface area contributed by atoms with Gasteiger partial charge in [-0.05, 0) is 37.0 Å². The van der Waals surface area contributed by atoms with Crippen LogP contribution >= 0.6 is 0 Å². The molecule has 200 valence electrons. The number of aliphatic carboxylic acids is 1. The Balaban J connectivity index is 1.86. The molecule has 10 heteroatoms. The minimum Gasteiger partial charge on any atom is -0.481 e. The number of carboxylic acids is 1. The summed E-state index contributed by atoms with van der Waals surface area (Å²) in [7, 11) is 1.69. The number of carbonyl (C=O) groups is 3. The van der Waals surface area contributed by atoms with Crippen LogP contribution in [-0.4, -0.2) is 102 Å². The summed E-state index contributed by atoms with van der Waals surface area (Å²) < 4.78 is 10.9. The predicted octanol–water partition coefficient (Wildman–Crippen LogP) is 1.76. The maximum absolute atomic E-state index is 13.3. The molecule has 1 unspecified atom stereocenters. The second-order valence-corrected chi connectivity index (χ2v) is 9.62. The van der Waals surface area contributed by atoms with Crippen molar-refractivity contribution in [3.05, 3.63) is 23.8 Å². The van der Waals surface area contributed by atoms with Crippen molar-refractivity contribution in [3.63, 3.8) is 0 Å². The molecule has 1 saturated heterocycles. The highest BCUT2D eigenvalue weighted by Crippen LogP contribution is 2.42. The Morgan fingerprint density at radius 3 is 2.50 bits per heavy atom. The molecule has 1 fully saturated rings. The van der Waals surface area contributed by atoms with E-state index in [9.17, 15) is 24.6 Å². The van der Waals surface area contributed by atoms with Crippen LogP contribution in [0.2, 0.25) is 0 Å². The topological polar surface area (TPSA) is 120 Å². The first-order valence-corrected chi connectivity index (χ1v) is 12.7. The number of likely N-dealkylation sites (tertiary alicyclic amines) is 1. The molecule has 2 aliphatic heterocycles. The van der Waals surface area contributed by atoms with E-state index in [1.165, 1.54) is 6.92 Å². The van der Waals surface area contributed by atoms with Crippen LogP contribution in [0.5, 0.6) is 11.5 Å². The third kappa shape index (κ3) is 6.67. The molecule has 10 nitrogen and oxygen atoms in total. The number of aliphatic hydroxyl groups is 1. The van der Waals surface area contributed by atoms with E-state index in [1.54, 1.807) is 22.9 Å². The number of carboxylic acid groups (broad SMARTS) is 1. The second-order valence-electron chi connectivity index (χ2n) is 9.62. The molecule has 0 aromatic heterocycles. The lowest BCUT2D eigenvalue weighted by atomic mass is 9.84. The maximum Gasteiger partial charge on any atom is 0.308 e. The lowest BCUT2D eigenvalue weighted by Gasteiger charge is -2.30. The third-order valence-corrected chi connectivity index (χ3v) is 7.21. The average Bonchev–Trinajstić information content (AvgIpc) is 3.46. The average molecular weight is 506 g/mol. The van der Waals surface area contributed by atoms with E-state index in [-0.39, 0.29) is 37.7 Å². The molecule has 1 aromatic rings. The van der Waals surface area contributed by atoms with E-state index >= 15 is 0 Å². The van der Waals surface area contributed by atoms with Crippen molar-refractivity contribution in [2.24, 2.45) is 5.92 Å². The van der Waals surface area contributed by atoms with Gasteiger partial charge in [-0.2, -0.15) is 0 Å². The molecule has 36 heavy (non-hydrogen) atoms. The van der Waals surface area contributed by atoms with Crippen LogP contribution in [0.25, 0.3) is 0 Å². The third-order valence-electron chi connectivity index (χ3n) is 7.21. The number of rotatable bonds is 13. The van der Waals surface area contributed by atoms with Crippen molar-refractivity contribution in [2.45, 2.75) is 51.5 Å². The summed E-state index contributed by atoms with van der Waals surface area (Å²) in [6, 6.07) is 5.08. The van der Waals surface area contributed by atoms with Crippen LogP contribution in [0.15, 0.2) is 18.2 Å². The molecule has 0 radical (unpaired) electrons. The van der Waals surface area contributed by atoms with Crippen LogP contribution in [-0.2, 0) is 14.4 Å². The van der Waals surface area contributed by atoms with Crippen LogP contribution in [0.1, 0.15) is 51.0 Å². The number of aliphatic hydroxyl groups excluding tert-OH is 1. The zero-order chi connectivity index (χ0) is 26.2. The molecule has 1 aromatic carbocycles. The Kier molecular flexibility index (Phi) is 9.95. The Bertz CT molecular complexity index is 917. The molecular formula is C26H39N3O7. The van der Waals surface area contributed by atoms with Gasteiger partial charge in [-0.25, -0.2) is 0 Å².